The fourth-order valence-corrected chi connectivity index (χ4v) is 1.40. The number of hydrogen-bond donors (Lipinski definition) is 5. The lowest BCUT2D eigenvalue weighted by atomic mass is 10.1. The SMILES string of the molecule is NCCCC[C@H](N)C(=O)N[C@@H](CS)C(N)=O. The molecule has 94 valence electrons. The fourth-order valence-electron chi connectivity index (χ4n) is 1.13. The number of hydrogen-bond acceptors (Lipinski definition) is 5. The number of carbonyl (C=O) groups is 2. The van der Waals surface area contributed by atoms with Crippen molar-refractivity contribution >= 4 is 24.4 Å². The van der Waals surface area contributed by atoms with E-state index in [1.54, 1.807) is 0 Å². The average molecular weight is 248 g/mol. The highest BCUT2D eigenvalue weighted by Gasteiger charge is 2.20. The lowest BCUT2D eigenvalue weighted by molar-refractivity contribution is -0.127. The Hall–Kier alpha value is -0.790. The van der Waals surface area contributed by atoms with E-state index in [0.717, 1.165) is 12.8 Å². The highest BCUT2D eigenvalue weighted by atomic mass is 32.1. The fraction of sp³-hybridized carbons (Fsp3) is 0.778. The van der Waals surface area contributed by atoms with Gasteiger partial charge in [0.05, 0.1) is 6.04 Å². The smallest absolute Gasteiger partial charge is 0.240 e. The van der Waals surface area contributed by atoms with Gasteiger partial charge in [0.15, 0.2) is 0 Å². The summed E-state index contributed by atoms with van der Waals surface area (Å²) in [5.41, 5.74) is 16.0. The minimum absolute atomic E-state index is 0.163. The summed E-state index contributed by atoms with van der Waals surface area (Å²) in [6, 6.07) is -1.40. The third-order valence-electron chi connectivity index (χ3n) is 2.15. The second-order valence-corrected chi connectivity index (χ2v) is 3.90. The molecular weight excluding hydrogens is 228 g/mol. The molecular formula is C9H20N4O2S. The molecule has 0 aromatic rings. The maximum atomic E-state index is 11.5. The quantitative estimate of drug-likeness (QED) is 0.260. The summed E-state index contributed by atoms with van der Waals surface area (Å²) in [6.07, 6.45) is 2.15. The molecule has 0 saturated carbocycles. The Labute approximate surface area is 101 Å². The Morgan fingerprint density at radius 2 is 1.94 bits per heavy atom. The molecule has 0 aliphatic carbocycles. The van der Waals surface area contributed by atoms with E-state index in [2.05, 4.69) is 17.9 Å². The zero-order chi connectivity index (χ0) is 12.6. The Morgan fingerprint density at radius 3 is 2.38 bits per heavy atom. The molecule has 0 aromatic heterocycles. The Balaban J connectivity index is 3.98. The normalized spacial score (nSPS) is 14.2. The van der Waals surface area contributed by atoms with Gasteiger partial charge in [-0.25, -0.2) is 0 Å². The van der Waals surface area contributed by atoms with Crippen LogP contribution in [0.2, 0.25) is 0 Å². The molecule has 0 aliphatic rings. The monoisotopic (exact) mass is 248 g/mol. The Kier molecular flexibility index (Phi) is 7.96. The van der Waals surface area contributed by atoms with Gasteiger partial charge in [-0.05, 0) is 19.4 Å². The number of carbonyl (C=O) groups excluding carboxylic acids is 2. The van der Waals surface area contributed by atoms with Gasteiger partial charge in [-0.1, -0.05) is 6.42 Å². The van der Waals surface area contributed by atoms with Crippen LogP contribution in [-0.4, -0.2) is 36.2 Å². The average Bonchev–Trinajstić information content (AvgIpc) is 2.25. The van der Waals surface area contributed by atoms with Crippen molar-refractivity contribution in [2.75, 3.05) is 12.3 Å². The van der Waals surface area contributed by atoms with Gasteiger partial charge in [-0.15, -0.1) is 0 Å². The molecule has 7 N–H and O–H groups in total. The summed E-state index contributed by atoms with van der Waals surface area (Å²) in [7, 11) is 0. The number of nitrogens with two attached hydrogens (primary N) is 3. The third kappa shape index (κ3) is 5.94. The number of primary amides is 1. The number of unbranched alkanes of at least 4 members (excludes halogenated alkanes) is 1. The molecule has 6 nitrogen and oxygen atoms in total. The topological polar surface area (TPSA) is 124 Å². The first-order valence-corrected chi connectivity index (χ1v) is 5.82. The molecule has 0 heterocycles. The molecule has 0 radical (unpaired) electrons. The zero-order valence-electron chi connectivity index (χ0n) is 9.19. The van der Waals surface area contributed by atoms with Crippen LogP contribution >= 0.6 is 12.6 Å². The van der Waals surface area contributed by atoms with Crippen LogP contribution in [0.4, 0.5) is 0 Å². The lowest BCUT2D eigenvalue weighted by Crippen LogP contribution is -2.51. The summed E-state index contributed by atoms with van der Waals surface area (Å²) in [5, 5.41) is 2.45. The molecule has 7 heteroatoms. The highest BCUT2D eigenvalue weighted by Crippen LogP contribution is 1.99. The van der Waals surface area contributed by atoms with Gasteiger partial charge in [0.25, 0.3) is 0 Å². The molecule has 0 aliphatic heterocycles. The largest absolute Gasteiger partial charge is 0.368 e. The van der Waals surface area contributed by atoms with Crippen LogP contribution in [0.25, 0.3) is 0 Å². The molecule has 2 amide bonds. The zero-order valence-corrected chi connectivity index (χ0v) is 10.1. The van der Waals surface area contributed by atoms with Crippen LogP contribution in [0.3, 0.4) is 0 Å². The van der Waals surface area contributed by atoms with Crippen molar-refractivity contribution in [3.05, 3.63) is 0 Å². The first kappa shape index (κ1) is 15.2. The molecule has 0 spiro atoms. The molecule has 16 heavy (non-hydrogen) atoms. The predicted octanol–water partition coefficient (Wildman–Crippen LogP) is -1.66. The maximum Gasteiger partial charge on any atom is 0.240 e. The second kappa shape index (κ2) is 8.37. The summed E-state index contributed by atoms with van der Waals surface area (Å²) < 4.78 is 0. The van der Waals surface area contributed by atoms with Crippen LogP contribution in [0.5, 0.6) is 0 Å². The van der Waals surface area contributed by atoms with E-state index in [1.165, 1.54) is 0 Å². The van der Waals surface area contributed by atoms with Crippen molar-refractivity contribution in [2.24, 2.45) is 17.2 Å². The van der Waals surface area contributed by atoms with Gasteiger partial charge in [0.1, 0.15) is 6.04 Å². The van der Waals surface area contributed by atoms with Gasteiger partial charge in [0, 0.05) is 5.75 Å². The number of nitrogens with one attached hydrogen (secondary N) is 1. The molecule has 0 bridgehead atoms. The van der Waals surface area contributed by atoms with E-state index in [1.807, 2.05) is 0 Å². The summed E-state index contributed by atoms with van der Waals surface area (Å²) in [4.78, 5) is 22.4. The second-order valence-electron chi connectivity index (χ2n) is 3.54. The standard InChI is InChI=1S/C9H20N4O2S/c10-4-2-1-3-6(11)9(15)13-7(5-16)8(12)14/h6-7,16H,1-5,10-11H2,(H2,12,14)(H,13,15)/t6-,7-/m0/s1. The summed E-state index contributed by atoms with van der Waals surface area (Å²) in [6.45, 7) is 0.578. The van der Waals surface area contributed by atoms with E-state index in [0.29, 0.717) is 13.0 Å². The van der Waals surface area contributed by atoms with E-state index in [4.69, 9.17) is 17.2 Å². The lowest BCUT2D eigenvalue weighted by Gasteiger charge is -2.16. The highest BCUT2D eigenvalue weighted by molar-refractivity contribution is 7.80. The van der Waals surface area contributed by atoms with Crippen molar-refractivity contribution in [1.29, 1.82) is 0 Å². The maximum absolute atomic E-state index is 11.5. The van der Waals surface area contributed by atoms with Gasteiger partial charge >= 0.3 is 0 Å². The minimum Gasteiger partial charge on any atom is -0.368 e. The Bertz CT molecular complexity index is 238. The number of thiol groups is 1. The van der Waals surface area contributed by atoms with Crippen molar-refractivity contribution < 1.29 is 9.59 Å². The van der Waals surface area contributed by atoms with Crippen LogP contribution in [-0.2, 0) is 9.59 Å². The van der Waals surface area contributed by atoms with E-state index in [-0.39, 0.29) is 11.7 Å². The van der Waals surface area contributed by atoms with Crippen molar-refractivity contribution in [3.8, 4) is 0 Å². The molecule has 0 aromatic carbocycles. The van der Waals surface area contributed by atoms with E-state index in [9.17, 15) is 9.59 Å². The van der Waals surface area contributed by atoms with Crippen LogP contribution in [0.1, 0.15) is 19.3 Å². The molecule has 0 saturated heterocycles. The molecule has 0 fully saturated rings. The van der Waals surface area contributed by atoms with Gasteiger partial charge in [-0.2, -0.15) is 12.6 Å². The van der Waals surface area contributed by atoms with E-state index >= 15 is 0 Å². The molecule has 0 rings (SSSR count). The van der Waals surface area contributed by atoms with E-state index < -0.39 is 18.0 Å². The molecule has 2 atom stereocenters. The van der Waals surface area contributed by atoms with Gasteiger partial charge < -0.3 is 22.5 Å². The number of amides is 2. The van der Waals surface area contributed by atoms with Crippen LogP contribution in [0, 0.1) is 0 Å². The third-order valence-corrected chi connectivity index (χ3v) is 2.51. The van der Waals surface area contributed by atoms with Crippen molar-refractivity contribution in [2.45, 2.75) is 31.3 Å². The van der Waals surface area contributed by atoms with Crippen LogP contribution < -0.4 is 22.5 Å². The molecule has 0 unspecified atom stereocenters. The number of rotatable bonds is 8. The summed E-state index contributed by atoms with van der Waals surface area (Å²) in [5.74, 6) is -0.830. The summed E-state index contributed by atoms with van der Waals surface area (Å²) >= 11 is 3.91. The Morgan fingerprint density at radius 1 is 1.31 bits per heavy atom. The first-order valence-electron chi connectivity index (χ1n) is 5.19. The van der Waals surface area contributed by atoms with Gasteiger partial charge in [-0.3, -0.25) is 9.59 Å². The van der Waals surface area contributed by atoms with Crippen LogP contribution in [0.15, 0.2) is 0 Å². The minimum atomic E-state index is -0.767. The van der Waals surface area contributed by atoms with Crippen molar-refractivity contribution in [1.82, 2.24) is 5.32 Å². The van der Waals surface area contributed by atoms with Gasteiger partial charge in [0.2, 0.25) is 11.8 Å². The first-order chi connectivity index (χ1) is 7.52. The van der Waals surface area contributed by atoms with Crippen molar-refractivity contribution in [3.63, 3.8) is 0 Å². The predicted molar refractivity (Wildman–Crippen MR) is 65.9 cm³/mol.